The standard InChI is InChI=1S/C19H13F3N4/c20-19(21,22)14-7-4-6-13(12-14)16-10-5-11-17-24-18(25-26(16)17)23-15-8-2-1-3-9-15/h1-12H,(H,23,25). The lowest BCUT2D eigenvalue weighted by molar-refractivity contribution is -0.137. The number of nitrogens with one attached hydrogen (secondary N) is 1. The van der Waals surface area contributed by atoms with Crippen LogP contribution in [0.15, 0.2) is 72.8 Å². The summed E-state index contributed by atoms with van der Waals surface area (Å²) in [6.07, 6.45) is -4.40. The number of hydrogen-bond donors (Lipinski definition) is 1. The van der Waals surface area contributed by atoms with E-state index in [2.05, 4.69) is 15.4 Å². The average molecular weight is 354 g/mol. The highest BCUT2D eigenvalue weighted by Crippen LogP contribution is 2.32. The summed E-state index contributed by atoms with van der Waals surface area (Å²) in [4.78, 5) is 4.38. The largest absolute Gasteiger partial charge is 0.416 e. The highest BCUT2D eigenvalue weighted by molar-refractivity contribution is 5.65. The lowest BCUT2D eigenvalue weighted by Gasteiger charge is -2.09. The number of alkyl halides is 3. The fourth-order valence-corrected chi connectivity index (χ4v) is 2.68. The number of hydrogen-bond acceptors (Lipinski definition) is 3. The van der Waals surface area contributed by atoms with Gasteiger partial charge in [0.2, 0.25) is 5.95 Å². The molecule has 2 heterocycles. The van der Waals surface area contributed by atoms with Crippen molar-refractivity contribution >= 4 is 17.3 Å². The molecule has 130 valence electrons. The van der Waals surface area contributed by atoms with Gasteiger partial charge in [0.05, 0.1) is 11.3 Å². The molecule has 0 amide bonds. The van der Waals surface area contributed by atoms with Crippen LogP contribution in [0.25, 0.3) is 16.9 Å². The molecule has 0 bridgehead atoms. The highest BCUT2D eigenvalue weighted by atomic mass is 19.4. The second-order valence-electron chi connectivity index (χ2n) is 5.69. The van der Waals surface area contributed by atoms with E-state index in [1.165, 1.54) is 10.6 Å². The first kappa shape index (κ1) is 16.1. The second-order valence-corrected chi connectivity index (χ2v) is 5.69. The van der Waals surface area contributed by atoms with Crippen molar-refractivity contribution in [1.29, 1.82) is 0 Å². The summed E-state index contributed by atoms with van der Waals surface area (Å²) in [5, 5.41) is 7.47. The maximum absolute atomic E-state index is 13.0. The molecule has 0 spiro atoms. The van der Waals surface area contributed by atoms with Crippen molar-refractivity contribution in [3.05, 3.63) is 78.4 Å². The Kier molecular flexibility index (Phi) is 3.84. The fourth-order valence-electron chi connectivity index (χ4n) is 2.68. The number of anilines is 2. The lowest BCUT2D eigenvalue weighted by Crippen LogP contribution is -2.05. The van der Waals surface area contributed by atoms with Crippen molar-refractivity contribution < 1.29 is 13.2 Å². The van der Waals surface area contributed by atoms with Crippen LogP contribution in [0.4, 0.5) is 24.8 Å². The van der Waals surface area contributed by atoms with E-state index in [9.17, 15) is 13.2 Å². The van der Waals surface area contributed by atoms with Gasteiger partial charge in [0.1, 0.15) is 0 Å². The molecular formula is C19H13F3N4. The van der Waals surface area contributed by atoms with Crippen molar-refractivity contribution in [2.24, 2.45) is 0 Å². The number of halogens is 3. The van der Waals surface area contributed by atoms with Crippen LogP contribution < -0.4 is 5.32 Å². The zero-order valence-electron chi connectivity index (χ0n) is 13.4. The van der Waals surface area contributed by atoms with Gasteiger partial charge < -0.3 is 5.32 Å². The summed E-state index contributed by atoms with van der Waals surface area (Å²) in [5.74, 6) is 0.371. The van der Waals surface area contributed by atoms with Crippen molar-refractivity contribution in [1.82, 2.24) is 14.6 Å². The number of nitrogens with zero attached hydrogens (tertiary/aromatic N) is 3. The molecule has 7 heteroatoms. The first-order chi connectivity index (χ1) is 12.5. The zero-order chi connectivity index (χ0) is 18.1. The fraction of sp³-hybridized carbons (Fsp3) is 0.0526. The number of rotatable bonds is 3. The molecule has 2 aromatic heterocycles. The van der Waals surface area contributed by atoms with Gasteiger partial charge in [-0.25, -0.2) is 4.52 Å². The molecule has 0 fully saturated rings. The predicted molar refractivity (Wildman–Crippen MR) is 93.1 cm³/mol. The minimum absolute atomic E-state index is 0.371. The average Bonchev–Trinajstić information content (AvgIpc) is 3.04. The molecule has 0 aliphatic carbocycles. The number of aromatic nitrogens is 3. The molecule has 0 radical (unpaired) electrons. The van der Waals surface area contributed by atoms with Crippen molar-refractivity contribution in [2.45, 2.75) is 6.18 Å². The Morgan fingerprint density at radius 2 is 1.62 bits per heavy atom. The Hall–Kier alpha value is -3.35. The topological polar surface area (TPSA) is 42.2 Å². The molecule has 1 N–H and O–H groups in total. The van der Waals surface area contributed by atoms with Crippen LogP contribution in [0.1, 0.15) is 5.56 Å². The molecule has 0 aliphatic heterocycles. The van der Waals surface area contributed by atoms with Crippen molar-refractivity contribution in [3.8, 4) is 11.3 Å². The van der Waals surface area contributed by atoms with Gasteiger partial charge in [0, 0.05) is 11.3 Å². The smallest absolute Gasteiger partial charge is 0.323 e. The van der Waals surface area contributed by atoms with Crippen LogP contribution in [-0.2, 0) is 6.18 Å². The van der Waals surface area contributed by atoms with Gasteiger partial charge >= 0.3 is 6.18 Å². The second kappa shape index (κ2) is 6.18. The third kappa shape index (κ3) is 3.11. The van der Waals surface area contributed by atoms with Crippen LogP contribution in [0.2, 0.25) is 0 Å². The summed E-state index contributed by atoms with van der Waals surface area (Å²) in [6, 6.07) is 19.8. The van der Waals surface area contributed by atoms with E-state index in [-0.39, 0.29) is 0 Å². The van der Waals surface area contributed by atoms with Crippen molar-refractivity contribution in [3.63, 3.8) is 0 Å². The van der Waals surface area contributed by atoms with E-state index in [0.29, 0.717) is 22.9 Å². The molecule has 0 unspecified atom stereocenters. The van der Waals surface area contributed by atoms with E-state index in [1.807, 2.05) is 30.3 Å². The SMILES string of the molecule is FC(F)(F)c1cccc(-c2cccc3nc(Nc4ccccc4)nn23)c1. The maximum Gasteiger partial charge on any atom is 0.416 e. The highest BCUT2D eigenvalue weighted by Gasteiger charge is 2.30. The number of para-hydroxylation sites is 1. The summed E-state index contributed by atoms with van der Waals surface area (Å²) in [5.41, 5.74) is 1.61. The van der Waals surface area contributed by atoms with Gasteiger partial charge in [0.15, 0.2) is 5.65 Å². The molecule has 4 aromatic rings. The summed E-state index contributed by atoms with van der Waals surface area (Å²) in [6.45, 7) is 0. The van der Waals surface area contributed by atoms with Gasteiger partial charge in [-0.1, -0.05) is 36.4 Å². The Morgan fingerprint density at radius 1 is 0.846 bits per heavy atom. The molecule has 0 saturated heterocycles. The third-order valence-electron chi connectivity index (χ3n) is 3.88. The van der Waals surface area contributed by atoms with Gasteiger partial charge in [0.25, 0.3) is 0 Å². The van der Waals surface area contributed by atoms with Crippen molar-refractivity contribution in [2.75, 3.05) is 5.32 Å². The number of pyridine rings is 1. The summed E-state index contributed by atoms with van der Waals surface area (Å²) < 4.78 is 40.5. The number of fused-ring (bicyclic) bond motifs is 1. The van der Waals surface area contributed by atoms with Crippen LogP contribution in [0.5, 0.6) is 0 Å². The summed E-state index contributed by atoms with van der Waals surface area (Å²) in [7, 11) is 0. The molecule has 0 saturated carbocycles. The Labute approximate surface area is 146 Å². The predicted octanol–water partition coefficient (Wildman–Crippen LogP) is 5.16. The van der Waals surface area contributed by atoms with E-state index in [4.69, 9.17) is 0 Å². The normalized spacial score (nSPS) is 11.7. The first-order valence-electron chi connectivity index (χ1n) is 7.86. The molecule has 0 atom stereocenters. The van der Waals surface area contributed by atoms with Crippen LogP contribution in [0, 0.1) is 0 Å². The minimum atomic E-state index is -4.40. The summed E-state index contributed by atoms with van der Waals surface area (Å²) >= 11 is 0. The van der Waals surface area contributed by atoms with Crippen LogP contribution in [-0.4, -0.2) is 14.6 Å². The Morgan fingerprint density at radius 3 is 2.38 bits per heavy atom. The molecule has 2 aromatic carbocycles. The van der Waals surface area contributed by atoms with E-state index >= 15 is 0 Å². The molecule has 4 nitrogen and oxygen atoms in total. The van der Waals surface area contributed by atoms with Crippen LogP contribution in [0.3, 0.4) is 0 Å². The van der Waals surface area contributed by atoms with E-state index < -0.39 is 11.7 Å². The lowest BCUT2D eigenvalue weighted by atomic mass is 10.1. The minimum Gasteiger partial charge on any atom is -0.323 e. The quantitative estimate of drug-likeness (QED) is 0.553. The Bertz CT molecular complexity index is 1060. The van der Waals surface area contributed by atoms with E-state index in [0.717, 1.165) is 17.8 Å². The molecular weight excluding hydrogens is 341 g/mol. The third-order valence-corrected chi connectivity index (χ3v) is 3.88. The molecule has 0 aliphatic rings. The van der Waals surface area contributed by atoms with Gasteiger partial charge in [-0.2, -0.15) is 18.2 Å². The van der Waals surface area contributed by atoms with Crippen LogP contribution >= 0.6 is 0 Å². The van der Waals surface area contributed by atoms with Gasteiger partial charge in [-0.05, 0) is 36.4 Å². The first-order valence-corrected chi connectivity index (χ1v) is 7.86. The maximum atomic E-state index is 13.0. The van der Waals surface area contributed by atoms with E-state index in [1.54, 1.807) is 24.3 Å². The zero-order valence-corrected chi connectivity index (χ0v) is 13.4. The number of benzene rings is 2. The van der Waals surface area contributed by atoms with Gasteiger partial charge in [-0.3, -0.25) is 0 Å². The molecule has 4 rings (SSSR count). The van der Waals surface area contributed by atoms with Gasteiger partial charge in [-0.15, -0.1) is 5.10 Å². The monoisotopic (exact) mass is 354 g/mol. The molecule has 26 heavy (non-hydrogen) atoms. The Balaban J connectivity index is 1.77.